The molecule has 124 valence electrons. The van der Waals surface area contributed by atoms with Gasteiger partial charge >= 0.3 is 6.03 Å². The van der Waals surface area contributed by atoms with E-state index >= 15 is 0 Å². The lowest BCUT2D eigenvalue weighted by Gasteiger charge is -2.13. The number of nitrogens with zero attached hydrogens (tertiary/aromatic N) is 5. The molecule has 9 heteroatoms. The molecular weight excluding hydrogens is 337 g/mol. The van der Waals surface area contributed by atoms with Crippen molar-refractivity contribution in [2.75, 3.05) is 6.54 Å². The Labute approximate surface area is 141 Å². The maximum Gasteiger partial charge on any atom is 0.327 e. The SMILES string of the molecule is O=C1[C@H]2CCCN2C(=O)N1Cc1cn(-c2ccc(F)c(Cl)c2)nn1. The summed E-state index contributed by atoms with van der Waals surface area (Å²) in [5.74, 6) is -0.702. The molecule has 2 fully saturated rings. The molecule has 3 heterocycles. The van der Waals surface area contributed by atoms with Gasteiger partial charge in [-0.3, -0.25) is 9.69 Å². The van der Waals surface area contributed by atoms with E-state index in [-0.39, 0.29) is 29.5 Å². The molecule has 0 radical (unpaired) electrons. The Bertz CT molecular complexity index is 817. The van der Waals surface area contributed by atoms with Gasteiger partial charge in [-0.2, -0.15) is 0 Å². The zero-order valence-electron chi connectivity index (χ0n) is 12.5. The van der Waals surface area contributed by atoms with E-state index in [1.165, 1.54) is 27.8 Å². The number of halogens is 2. The number of carbonyl (C=O) groups is 2. The highest BCUT2D eigenvalue weighted by atomic mass is 35.5. The van der Waals surface area contributed by atoms with Crippen molar-refractivity contribution in [3.8, 4) is 5.69 Å². The molecule has 24 heavy (non-hydrogen) atoms. The second-order valence-corrected chi connectivity index (χ2v) is 6.22. The lowest BCUT2D eigenvalue weighted by Crippen LogP contribution is -2.32. The second kappa shape index (κ2) is 5.55. The molecular formula is C15H13ClFN5O2. The number of fused-ring (bicyclic) bond motifs is 1. The van der Waals surface area contributed by atoms with Gasteiger partial charge in [0.05, 0.1) is 23.5 Å². The van der Waals surface area contributed by atoms with Crippen LogP contribution in [0.3, 0.4) is 0 Å². The molecule has 2 aromatic rings. The van der Waals surface area contributed by atoms with Gasteiger partial charge in [-0.05, 0) is 31.0 Å². The van der Waals surface area contributed by atoms with Crippen LogP contribution < -0.4 is 0 Å². The third kappa shape index (κ3) is 2.34. The number of hydrogen-bond acceptors (Lipinski definition) is 4. The first kappa shape index (κ1) is 15.1. The smallest absolute Gasteiger partial charge is 0.312 e. The second-order valence-electron chi connectivity index (χ2n) is 5.81. The molecule has 0 N–H and O–H groups in total. The summed E-state index contributed by atoms with van der Waals surface area (Å²) in [6, 6.07) is 3.57. The van der Waals surface area contributed by atoms with Gasteiger partial charge < -0.3 is 4.90 Å². The number of rotatable bonds is 3. The summed E-state index contributed by atoms with van der Waals surface area (Å²) in [6.45, 7) is 0.687. The van der Waals surface area contributed by atoms with Crippen molar-refractivity contribution in [1.29, 1.82) is 0 Å². The van der Waals surface area contributed by atoms with E-state index in [4.69, 9.17) is 11.6 Å². The Morgan fingerprint density at radius 1 is 1.33 bits per heavy atom. The maximum absolute atomic E-state index is 13.2. The van der Waals surface area contributed by atoms with Crippen molar-refractivity contribution >= 4 is 23.5 Å². The van der Waals surface area contributed by atoms with Crippen molar-refractivity contribution in [2.45, 2.75) is 25.4 Å². The average Bonchev–Trinajstić information content (AvgIpc) is 3.26. The fraction of sp³-hybridized carbons (Fsp3) is 0.333. The molecule has 2 aliphatic rings. The van der Waals surface area contributed by atoms with Gasteiger partial charge in [0.1, 0.15) is 17.6 Å². The molecule has 0 spiro atoms. The van der Waals surface area contributed by atoms with Crippen LogP contribution in [0, 0.1) is 5.82 Å². The van der Waals surface area contributed by atoms with Gasteiger partial charge in [0, 0.05) is 6.54 Å². The predicted octanol–water partition coefficient (Wildman–Crippen LogP) is 1.99. The molecule has 4 rings (SSSR count). The normalized spacial score (nSPS) is 20.2. The highest BCUT2D eigenvalue weighted by Crippen LogP contribution is 2.28. The standard InChI is InChI=1S/C15H13ClFN5O2/c16-11-6-10(3-4-12(11)17)22-8-9(18-19-22)7-21-14(23)13-2-1-5-20(13)15(21)24/h3-4,6,8,13H,1-2,5,7H2/t13-/m1/s1. The van der Waals surface area contributed by atoms with Gasteiger partial charge in [-0.1, -0.05) is 16.8 Å². The Morgan fingerprint density at radius 2 is 2.17 bits per heavy atom. The van der Waals surface area contributed by atoms with Crippen LogP contribution in [0.15, 0.2) is 24.4 Å². The zero-order valence-corrected chi connectivity index (χ0v) is 13.3. The summed E-state index contributed by atoms with van der Waals surface area (Å²) < 4.78 is 14.6. The van der Waals surface area contributed by atoms with E-state index in [0.717, 1.165) is 6.42 Å². The minimum atomic E-state index is -0.519. The fourth-order valence-electron chi connectivity index (χ4n) is 3.11. The Balaban J connectivity index is 1.54. The molecule has 7 nitrogen and oxygen atoms in total. The molecule has 0 bridgehead atoms. The number of amides is 3. The predicted molar refractivity (Wildman–Crippen MR) is 82.0 cm³/mol. The fourth-order valence-corrected chi connectivity index (χ4v) is 3.29. The topological polar surface area (TPSA) is 71.3 Å². The number of urea groups is 1. The van der Waals surface area contributed by atoms with E-state index in [0.29, 0.717) is 24.3 Å². The molecule has 1 aromatic carbocycles. The van der Waals surface area contributed by atoms with Crippen LogP contribution >= 0.6 is 11.6 Å². The van der Waals surface area contributed by atoms with E-state index in [1.807, 2.05) is 0 Å². The number of aromatic nitrogens is 3. The number of carbonyl (C=O) groups excluding carboxylic acids is 2. The van der Waals surface area contributed by atoms with E-state index in [9.17, 15) is 14.0 Å². The molecule has 2 saturated heterocycles. The first-order valence-electron chi connectivity index (χ1n) is 7.53. The van der Waals surface area contributed by atoms with Crippen LogP contribution in [0.2, 0.25) is 5.02 Å². The third-order valence-corrected chi connectivity index (χ3v) is 4.60. The van der Waals surface area contributed by atoms with Crippen LogP contribution in [0.4, 0.5) is 9.18 Å². The summed E-state index contributed by atoms with van der Waals surface area (Å²) >= 11 is 5.76. The molecule has 2 aliphatic heterocycles. The number of benzene rings is 1. The van der Waals surface area contributed by atoms with Crippen LogP contribution in [-0.4, -0.2) is 49.3 Å². The van der Waals surface area contributed by atoms with Gasteiger partial charge in [0.25, 0.3) is 5.91 Å². The van der Waals surface area contributed by atoms with Crippen LogP contribution in [-0.2, 0) is 11.3 Å². The van der Waals surface area contributed by atoms with Crippen molar-refractivity contribution in [3.63, 3.8) is 0 Å². The molecule has 0 saturated carbocycles. The van der Waals surface area contributed by atoms with Gasteiger partial charge in [0.15, 0.2) is 0 Å². The van der Waals surface area contributed by atoms with Gasteiger partial charge in [-0.15, -0.1) is 5.10 Å². The molecule has 0 unspecified atom stereocenters. The summed E-state index contributed by atoms with van der Waals surface area (Å²) in [7, 11) is 0. The lowest BCUT2D eigenvalue weighted by atomic mass is 10.2. The summed E-state index contributed by atoms with van der Waals surface area (Å²) in [5, 5.41) is 7.91. The van der Waals surface area contributed by atoms with Gasteiger partial charge in [0.2, 0.25) is 0 Å². The maximum atomic E-state index is 13.2. The third-order valence-electron chi connectivity index (χ3n) is 4.31. The minimum absolute atomic E-state index is 0.0185. The molecule has 1 atom stereocenters. The van der Waals surface area contributed by atoms with E-state index in [2.05, 4.69) is 10.3 Å². The van der Waals surface area contributed by atoms with Crippen molar-refractivity contribution in [2.24, 2.45) is 0 Å². The van der Waals surface area contributed by atoms with E-state index < -0.39 is 5.82 Å². The summed E-state index contributed by atoms with van der Waals surface area (Å²) in [4.78, 5) is 27.4. The van der Waals surface area contributed by atoms with E-state index in [1.54, 1.807) is 11.1 Å². The zero-order chi connectivity index (χ0) is 16.8. The average molecular weight is 350 g/mol. The molecule has 0 aliphatic carbocycles. The first-order valence-corrected chi connectivity index (χ1v) is 7.91. The minimum Gasteiger partial charge on any atom is -0.312 e. The number of hydrogen-bond donors (Lipinski definition) is 0. The van der Waals surface area contributed by atoms with Crippen molar-refractivity contribution in [1.82, 2.24) is 24.8 Å². The van der Waals surface area contributed by atoms with Crippen LogP contribution in [0.25, 0.3) is 5.69 Å². The van der Waals surface area contributed by atoms with Crippen molar-refractivity contribution < 1.29 is 14.0 Å². The number of imide groups is 1. The highest BCUT2D eigenvalue weighted by Gasteiger charge is 2.47. The lowest BCUT2D eigenvalue weighted by molar-refractivity contribution is -0.128. The quantitative estimate of drug-likeness (QED) is 0.794. The van der Waals surface area contributed by atoms with Crippen LogP contribution in [0.5, 0.6) is 0 Å². The van der Waals surface area contributed by atoms with Crippen molar-refractivity contribution in [3.05, 3.63) is 40.9 Å². The first-order chi connectivity index (χ1) is 11.5. The Morgan fingerprint density at radius 3 is 2.92 bits per heavy atom. The van der Waals surface area contributed by atoms with Gasteiger partial charge in [-0.25, -0.2) is 13.9 Å². The summed E-state index contributed by atoms with van der Waals surface area (Å²) in [6.07, 6.45) is 3.16. The molecule has 1 aromatic heterocycles. The largest absolute Gasteiger partial charge is 0.327 e. The highest BCUT2D eigenvalue weighted by molar-refractivity contribution is 6.30. The summed E-state index contributed by atoms with van der Waals surface area (Å²) in [5.41, 5.74) is 1.01. The van der Waals surface area contributed by atoms with Crippen LogP contribution in [0.1, 0.15) is 18.5 Å². The monoisotopic (exact) mass is 349 g/mol. The Kier molecular flexibility index (Phi) is 3.49. The Hall–Kier alpha value is -2.48. The molecule has 3 amide bonds.